The minimum absolute atomic E-state index is 0.542. The molecular weight excluding hydrogens is 186 g/mol. The molecular formula is C13H27NO. The van der Waals surface area contributed by atoms with E-state index in [2.05, 4.69) is 19.2 Å². The second-order valence-electron chi connectivity index (χ2n) is 4.61. The number of hydrogen-bond donors (Lipinski definition) is 1. The first-order valence-corrected chi connectivity index (χ1v) is 6.71. The smallest absolute Gasteiger partial charge is 0.0623 e. The lowest BCUT2D eigenvalue weighted by molar-refractivity contribution is 0.0288. The molecule has 1 rings (SSSR count). The summed E-state index contributed by atoms with van der Waals surface area (Å²) in [5.41, 5.74) is 0. The third kappa shape index (κ3) is 5.53. The van der Waals surface area contributed by atoms with E-state index in [0.29, 0.717) is 12.1 Å². The normalized spacial score (nSPS) is 21.2. The van der Waals surface area contributed by atoms with E-state index < -0.39 is 0 Å². The zero-order valence-electron chi connectivity index (χ0n) is 10.4. The topological polar surface area (TPSA) is 21.3 Å². The Labute approximate surface area is 94.8 Å². The van der Waals surface area contributed by atoms with Crippen molar-refractivity contribution in [3.05, 3.63) is 0 Å². The van der Waals surface area contributed by atoms with Gasteiger partial charge in [-0.05, 0) is 25.8 Å². The zero-order valence-corrected chi connectivity index (χ0v) is 10.4. The Balaban J connectivity index is 2.15. The predicted molar refractivity (Wildman–Crippen MR) is 65.2 cm³/mol. The van der Waals surface area contributed by atoms with Gasteiger partial charge in [-0.2, -0.15) is 0 Å². The molecule has 1 fully saturated rings. The summed E-state index contributed by atoms with van der Waals surface area (Å²) in [7, 11) is 0. The van der Waals surface area contributed by atoms with Crippen LogP contribution in [0.2, 0.25) is 0 Å². The molecule has 1 aliphatic carbocycles. The average Bonchev–Trinajstić information content (AvgIpc) is 2.52. The van der Waals surface area contributed by atoms with Gasteiger partial charge in [-0.25, -0.2) is 0 Å². The number of likely N-dealkylation sites (N-methyl/N-ethyl adjacent to an activating group) is 1. The van der Waals surface area contributed by atoms with Crippen molar-refractivity contribution >= 4 is 0 Å². The van der Waals surface area contributed by atoms with Gasteiger partial charge in [-0.15, -0.1) is 0 Å². The number of ether oxygens (including phenoxy) is 1. The highest BCUT2D eigenvalue weighted by Crippen LogP contribution is 2.19. The van der Waals surface area contributed by atoms with Crippen molar-refractivity contribution in [2.24, 2.45) is 0 Å². The van der Waals surface area contributed by atoms with Crippen molar-refractivity contribution in [1.29, 1.82) is 0 Å². The number of rotatable bonds is 6. The highest BCUT2D eigenvalue weighted by atomic mass is 16.5. The van der Waals surface area contributed by atoms with Crippen LogP contribution in [0.1, 0.15) is 58.8 Å². The molecule has 0 aliphatic heterocycles. The summed E-state index contributed by atoms with van der Waals surface area (Å²) in [6.45, 7) is 6.33. The van der Waals surface area contributed by atoms with E-state index in [-0.39, 0.29) is 0 Å². The van der Waals surface area contributed by atoms with Gasteiger partial charge >= 0.3 is 0 Å². The molecule has 0 aromatic rings. The van der Waals surface area contributed by atoms with Crippen LogP contribution in [0.4, 0.5) is 0 Å². The summed E-state index contributed by atoms with van der Waals surface area (Å²) in [6.07, 6.45) is 9.81. The minimum Gasteiger partial charge on any atom is -0.377 e. The zero-order chi connectivity index (χ0) is 10.9. The van der Waals surface area contributed by atoms with E-state index in [1.165, 1.54) is 44.9 Å². The average molecular weight is 213 g/mol. The van der Waals surface area contributed by atoms with Gasteiger partial charge in [0.15, 0.2) is 0 Å². The molecule has 2 nitrogen and oxygen atoms in total. The Kier molecular flexibility index (Phi) is 7.03. The molecule has 1 aliphatic rings. The fourth-order valence-electron chi connectivity index (χ4n) is 2.27. The van der Waals surface area contributed by atoms with Crippen LogP contribution in [0.15, 0.2) is 0 Å². The van der Waals surface area contributed by atoms with Gasteiger partial charge in [0.05, 0.1) is 12.7 Å². The summed E-state index contributed by atoms with van der Waals surface area (Å²) >= 11 is 0. The van der Waals surface area contributed by atoms with Crippen LogP contribution in [0.25, 0.3) is 0 Å². The maximum absolute atomic E-state index is 6.01. The molecule has 90 valence electrons. The molecule has 1 atom stereocenters. The van der Waals surface area contributed by atoms with Crippen molar-refractivity contribution in [3.63, 3.8) is 0 Å². The van der Waals surface area contributed by atoms with Gasteiger partial charge in [0.1, 0.15) is 0 Å². The largest absolute Gasteiger partial charge is 0.377 e. The van der Waals surface area contributed by atoms with Gasteiger partial charge in [-0.3, -0.25) is 0 Å². The van der Waals surface area contributed by atoms with E-state index in [9.17, 15) is 0 Å². The molecule has 1 saturated carbocycles. The molecule has 2 heteroatoms. The third-order valence-corrected chi connectivity index (χ3v) is 3.32. The van der Waals surface area contributed by atoms with Crippen LogP contribution in [0.3, 0.4) is 0 Å². The van der Waals surface area contributed by atoms with Gasteiger partial charge in [0.2, 0.25) is 0 Å². The van der Waals surface area contributed by atoms with E-state index in [1.807, 2.05) is 0 Å². The van der Waals surface area contributed by atoms with Crippen LogP contribution in [-0.2, 0) is 4.74 Å². The number of nitrogens with one attached hydrogen (secondary N) is 1. The predicted octanol–water partition coefficient (Wildman–Crippen LogP) is 3.11. The first-order valence-electron chi connectivity index (χ1n) is 6.71. The molecule has 0 aromatic heterocycles. The van der Waals surface area contributed by atoms with Crippen molar-refractivity contribution in [1.82, 2.24) is 5.32 Å². The van der Waals surface area contributed by atoms with Crippen molar-refractivity contribution in [2.75, 3.05) is 13.2 Å². The lowest BCUT2D eigenvalue weighted by Crippen LogP contribution is -2.34. The fourth-order valence-corrected chi connectivity index (χ4v) is 2.27. The molecule has 1 N–H and O–H groups in total. The molecule has 15 heavy (non-hydrogen) atoms. The summed E-state index contributed by atoms with van der Waals surface area (Å²) < 4.78 is 6.01. The van der Waals surface area contributed by atoms with Crippen LogP contribution in [0.5, 0.6) is 0 Å². The molecule has 0 aromatic carbocycles. The number of hydrogen-bond acceptors (Lipinski definition) is 2. The molecule has 0 amide bonds. The van der Waals surface area contributed by atoms with E-state index in [1.54, 1.807) is 0 Å². The monoisotopic (exact) mass is 213 g/mol. The Bertz CT molecular complexity index is 141. The molecule has 0 saturated heterocycles. The van der Waals surface area contributed by atoms with E-state index in [4.69, 9.17) is 4.74 Å². The van der Waals surface area contributed by atoms with Gasteiger partial charge in [0.25, 0.3) is 0 Å². The van der Waals surface area contributed by atoms with Crippen molar-refractivity contribution in [3.8, 4) is 0 Å². The van der Waals surface area contributed by atoms with Crippen LogP contribution < -0.4 is 5.32 Å². The van der Waals surface area contributed by atoms with E-state index >= 15 is 0 Å². The molecule has 0 spiro atoms. The lowest BCUT2D eigenvalue weighted by Gasteiger charge is -2.21. The first-order chi connectivity index (χ1) is 7.36. The molecule has 1 unspecified atom stereocenters. The summed E-state index contributed by atoms with van der Waals surface area (Å²) in [4.78, 5) is 0. The highest BCUT2D eigenvalue weighted by molar-refractivity contribution is 4.67. The van der Waals surface area contributed by atoms with Gasteiger partial charge in [-0.1, -0.05) is 39.5 Å². The lowest BCUT2D eigenvalue weighted by atomic mass is 10.1. The minimum atomic E-state index is 0.542. The second kappa shape index (κ2) is 8.12. The van der Waals surface area contributed by atoms with Crippen LogP contribution >= 0.6 is 0 Å². The Morgan fingerprint density at radius 2 is 1.80 bits per heavy atom. The van der Waals surface area contributed by atoms with Gasteiger partial charge < -0.3 is 10.1 Å². The fraction of sp³-hybridized carbons (Fsp3) is 1.00. The first kappa shape index (κ1) is 13.0. The van der Waals surface area contributed by atoms with Crippen molar-refractivity contribution in [2.45, 2.75) is 70.9 Å². The Hall–Kier alpha value is -0.0800. The SMILES string of the molecule is CCNC(CC)COC1CCCCCC1. The quantitative estimate of drug-likeness (QED) is 0.685. The highest BCUT2D eigenvalue weighted by Gasteiger charge is 2.14. The Morgan fingerprint density at radius 1 is 1.13 bits per heavy atom. The summed E-state index contributed by atoms with van der Waals surface area (Å²) in [5.74, 6) is 0. The van der Waals surface area contributed by atoms with E-state index in [0.717, 1.165) is 13.2 Å². The standard InChI is InChI=1S/C13H27NO/c1-3-12(14-4-2)11-15-13-9-7-5-6-8-10-13/h12-14H,3-11H2,1-2H3. The van der Waals surface area contributed by atoms with Crippen LogP contribution in [-0.4, -0.2) is 25.3 Å². The molecule has 0 bridgehead atoms. The molecule has 0 radical (unpaired) electrons. The summed E-state index contributed by atoms with van der Waals surface area (Å²) in [5, 5.41) is 3.46. The van der Waals surface area contributed by atoms with Gasteiger partial charge in [0, 0.05) is 6.04 Å². The maximum atomic E-state index is 6.01. The second-order valence-corrected chi connectivity index (χ2v) is 4.61. The third-order valence-electron chi connectivity index (χ3n) is 3.32. The Morgan fingerprint density at radius 3 is 2.33 bits per heavy atom. The summed E-state index contributed by atoms with van der Waals surface area (Å²) in [6, 6.07) is 0.554. The maximum Gasteiger partial charge on any atom is 0.0623 e. The van der Waals surface area contributed by atoms with Crippen LogP contribution in [0, 0.1) is 0 Å². The van der Waals surface area contributed by atoms with Crippen molar-refractivity contribution < 1.29 is 4.74 Å². The molecule has 0 heterocycles.